The molecule has 11 heteroatoms. The Morgan fingerprint density at radius 2 is 1.89 bits per heavy atom. The SMILES string of the molecule is COc1cc(C(=O)N2CC3CCC2[C@@H]3N)cc2nc(-c3cc4ccc(-n5cc6cc(O)ccc6n5)nc4n3CC3CC3)n(C)c12. The van der Waals surface area contributed by atoms with Crippen LogP contribution in [0.25, 0.3) is 50.3 Å². The molecule has 2 saturated carbocycles. The number of hydrogen-bond acceptors (Lipinski definition) is 7. The number of carbonyl (C=O) groups excluding carboxylic acids is 1. The number of piperidine rings is 1. The van der Waals surface area contributed by atoms with Crippen molar-refractivity contribution < 1.29 is 14.6 Å². The van der Waals surface area contributed by atoms with Crippen LogP contribution in [0.2, 0.25) is 0 Å². The summed E-state index contributed by atoms with van der Waals surface area (Å²) in [5.74, 6) is 3.28. The van der Waals surface area contributed by atoms with E-state index in [9.17, 15) is 9.90 Å². The molecule has 1 amide bonds. The summed E-state index contributed by atoms with van der Waals surface area (Å²) >= 11 is 0. The van der Waals surface area contributed by atoms with E-state index in [1.807, 2.05) is 36.3 Å². The molecule has 45 heavy (non-hydrogen) atoms. The van der Waals surface area contributed by atoms with Crippen molar-refractivity contribution in [2.24, 2.45) is 24.6 Å². The van der Waals surface area contributed by atoms with Gasteiger partial charge >= 0.3 is 0 Å². The monoisotopic (exact) mass is 602 g/mol. The summed E-state index contributed by atoms with van der Waals surface area (Å²) in [5, 5.41) is 16.5. The second-order valence-electron chi connectivity index (χ2n) is 13.0. The minimum atomic E-state index is -0.00822. The highest BCUT2D eigenvalue weighted by atomic mass is 16.5. The number of aromatic nitrogens is 6. The molecule has 0 radical (unpaired) electrons. The molecule has 0 spiro atoms. The van der Waals surface area contributed by atoms with E-state index in [4.69, 9.17) is 25.5 Å². The average molecular weight is 603 g/mol. The number of phenolic OH excluding ortho intramolecular Hbond substituents is 1. The van der Waals surface area contributed by atoms with Crippen LogP contribution in [0.4, 0.5) is 0 Å². The lowest BCUT2D eigenvalue weighted by atomic mass is 10.1. The van der Waals surface area contributed by atoms with Crippen molar-refractivity contribution in [1.29, 1.82) is 0 Å². The Morgan fingerprint density at radius 1 is 1.02 bits per heavy atom. The smallest absolute Gasteiger partial charge is 0.254 e. The molecule has 1 aliphatic heterocycles. The first-order valence-electron chi connectivity index (χ1n) is 15.7. The zero-order chi connectivity index (χ0) is 30.6. The van der Waals surface area contributed by atoms with Gasteiger partial charge in [0.15, 0.2) is 11.6 Å². The molecular formula is C34H34N8O3. The van der Waals surface area contributed by atoms with Crippen LogP contribution in [0.15, 0.2) is 54.7 Å². The first-order valence-corrected chi connectivity index (χ1v) is 15.7. The van der Waals surface area contributed by atoms with Crippen molar-refractivity contribution in [2.45, 2.75) is 44.3 Å². The van der Waals surface area contributed by atoms with Crippen LogP contribution in [0.3, 0.4) is 0 Å². The topological polar surface area (TPSA) is 129 Å². The molecule has 3 fully saturated rings. The molecular weight excluding hydrogens is 568 g/mol. The largest absolute Gasteiger partial charge is 0.508 e. The minimum absolute atomic E-state index is 0.00822. The fraction of sp³-hybridized carbons (Fsp3) is 0.353. The Hall–Kier alpha value is -4.90. The number of likely N-dealkylation sites (tertiary alicyclic amines) is 1. The fourth-order valence-electron chi connectivity index (χ4n) is 7.57. The number of hydrogen-bond donors (Lipinski definition) is 2. The van der Waals surface area contributed by atoms with Gasteiger partial charge < -0.3 is 29.6 Å². The predicted octanol–water partition coefficient (Wildman–Crippen LogP) is 4.61. The molecule has 2 aromatic carbocycles. The Kier molecular flexibility index (Phi) is 5.62. The predicted molar refractivity (Wildman–Crippen MR) is 171 cm³/mol. The van der Waals surface area contributed by atoms with Crippen molar-refractivity contribution in [3.05, 3.63) is 60.3 Å². The number of carbonyl (C=O) groups is 1. The van der Waals surface area contributed by atoms with Crippen LogP contribution >= 0.6 is 0 Å². The standard InChI is InChI=1S/C34H34N8O3/c1-39-31-25(12-21(14-28(31)45-2)34(44)41-16-20-5-9-26(41)30(20)35)36-33(39)27-13-19-6-10-29(37-32(19)40(27)15-18-3-4-18)42-17-22-11-23(43)7-8-24(22)38-42/h6-8,10-14,17-18,20,26,30,43H,3-5,9,15-16,35H2,1-2H3/t20?,26?,30-/m1/s1. The summed E-state index contributed by atoms with van der Waals surface area (Å²) in [6.07, 6.45) is 6.33. The van der Waals surface area contributed by atoms with Gasteiger partial charge in [-0.25, -0.2) is 14.6 Å². The van der Waals surface area contributed by atoms with Crippen LogP contribution in [0, 0.1) is 11.8 Å². The summed E-state index contributed by atoms with van der Waals surface area (Å²) in [5.41, 5.74) is 11.2. The van der Waals surface area contributed by atoms with E-state index >= 15 is 0 Å². The zero-order valence-electron chi connectivity index (χ0n) is 25.2. The van der Waals surface area contributed by atoms with Crippen LogP contribution < -0.4 is 10.5 Å². The number of methoxy groups -OCH3 is 1. The number of aryl methyl sites for hydroxylation is 1. The summed E-state index contributed by atoms with van der Waals surface area (Å²) in [6, 6.07) is 15.2. The molecule has 9 rings (SSSR count). The number of nitrogens with zero attached hydrogens (tertiary/aromatic N) is 7. The van der Waals surface area contributed by atoms with Crippen LogP contribution in [-0.2, 0) is 13.6 Å². The Labute approximate surface area is 258 Å². The molecule has 3 aliphatic rings. The number of amides is 1. The summed E-state index contributed by atoms with van der Waals surface area (Å²) in [4.78, 5) is 25.9. The average Bonchev–Trinajstić information content (AvgIpc) is 3.29. The quantitative estimate of drug-likeness (QED) is 0.285. The first-order chi connectivity index (χ1) is 21.9. The maximum absolute atomic E-state index is 13.7. The van der Waals surface area contributed by atoms with Crippen molar-refractivity contribution in [1.82, 2.24) is 33.8 Å². The second-order valence-corrected chi connectivity index (χ2v) is 13.0. The number of aromatic hydroxyl groups is 1. The van der Waals surface area contributed by atoms with E-state index in [2.05, 4.69) is 21.3 Å². The molecule has 228 valence electrons. The highest BCUT2D eigenvalue weighted by Crippen LogP contribution is 2.40. The molecule has 11 nitrogen and oxygen atoms in total. The third kappa shape index (κ3) is 4.06. The zero-order valence-corrected chi connectivity index (χ0v) is 25.2. The van der Waals surface area contributed by atoms with E-state index in [0.29, 0.717) is 41.0 Å². The molecule has 4 aromatic heterocycles. The Balaban J connectivity index is 1.15. The molecule has 2 unspecified atom stereocenters. The van der Waals surface area contributed by atoms with E-state index in [0.717, 1.165) is 58.4 Å². The molecule has 2 aliphatic carbocycles. The van der Waals surface area contributed by atoms with Crippen LogP contribution in [-0.4, -0.2) is 70.5 Å². The third-order valence-electron chi connectivity index (χ3n) is 10.1. The van der Waals surface area contributed by atoms with E-state index in [1.54, 1.807) is 30.0 Å². The van der Waals surface area contributed by atoms with Crippen molar-refractivity contribution in [2.75, 3.05) is 13.7 Å². The number of benzene rings is 2. The third-order valence-corrected chi connectivity index (χ3v) is 10.1. The molecule has 2 bridgehead atoms. The van der Waals surface area contributed by atoms with Gasteiger partial charge in [0.05, 0.1) is 23.8 Å². The molecule has 6 aromatic rings. The number of imidazole rings is 1. The maximum Gasteiger partial charge on any atom is 0.254 e. The number of fused-ring (bicyclic) bond motifs is 5. The second kappa shape index (κ2) is 9.55. The lowest BCUT2D eigenvalue weighted by molar-refractivity contribution is 0.0700. The lowest BCUT2D eigenvalue weighted by Gasteiger charge is -2.27. The number of phenols is 1. The summed E-state index contributed by atoms with van der Waals surface area (Å²) in [6.45, 7) is 1.55. The van der Waals surface area contributed by atoms with Gasteiger partial charge in [-0.1, -0.05) is 0 Å². The van der Waals surface area contributed by atoms with Crippen molar-refractivity contribution in [3.63, 3.8) is 0 Å². The van der Waals surface area contributed by atoms with Gasteiger partial charge in [0.2, 0.25) is 0 Å². The van der Waals surface area contributed by atoms with Gasteiger partial charge in [0, 0.05) is 54.8 Å². The normalized spacial score (nSPS) is 21.1. The van der Waals surface area contributed by atoms with E-state index < -0.39 is 0 Å². The highest BCUT2D eigenvalue weighted by Gasteiger charge is 2.47. The lowest BCUT2D eigenvalue weighted by Crippen LogP contribution is -2.41. The van der Waals surface area contributed by atoms with Crippen molar-refractivity contribution >= 4 is 38.9 Å². The number of nitrogens with two attached hydrogens (primary N) is 1. The molecule has 3 atom stereocenters. The van der Waals surface area contributed by atoms with Gasteiger partial charge in [-0.05, 0) is 86.1 Å². The molecule has 5 heterocycles. The Morgan fingerprint density at radius 3 is 2.64 bits per heavy atom. The number of ether oxygens (including phenoxy) is 1. The van der Waals surface area contributed by atoms with Gasteiger partial charge in [-0.2, -0.15) is 5.10 Å². The van der Waals surface area contributed by atoms with Gasteiger partial charge in [-0.3, -0.25) is 4.79 Å². The van der Waals surface area contributed by atoms with E-state index in [1.165, 1.54) is 12.8 Å². The van der Waals surface area contributed by atoms with Gasteiger partial charge in [0.1, 0.15) is 22.7 Å². The van der Waals surface area contributed by atoms with Crippen molar-refractivity contribution in [3.8, 4) is 28.8 Å². The summed E-state index contributed by atoms with van der Waals surface area (Å²) in [7, 11) is 3.63. The van der Waals surface area contributed by atoms with Crippen LogP contribution in [0.1, 0.15) is 36.0 Å². The van der Waals surface area contributed by atoms with E-state index in [-0.39, 0.29) is 23.7 Å². The Bertz CT molecular complexity index is 2170. The number of rotatable bonds is 6. The van der Waals surface area contributed by atoms with Gasteiger partial charge in [0.25, 0.3) is 5.91 Å². The minimum Gasteiger partial charge on any atom is -0.508 e. The molecule has 1 saturated heterocycles. The highest BCUT2D eigenvalue weighted by molar-refractivity contribution is 6.00. The summed E-state index contributed by atoms with van der Waals surface area (Å²) < 4.78 is 11.9. The fourth-order valence-corrected chi connectivity index (χ4v) is 7.57. The number of pyridine rings is 1. The first kappa shape index (κ1) is 26.5. The van der Waals surface area contributed by atoms with Gasteiger partial charge in [-0.15, -0.1) is 0 Å². The molecule has 3 N–H and O–H groups in total. The maximum atomic E-state index is 13.7. The van der Waals surface area contributed by atoms with Crippen LogP contribution in [0.5, 0.6) is 11.5 Å².